The molecular weight excluding hydrogens is 309 g/mol. The van der Waals surface area contributed by atoms with E-state index in [9.17, 15) is 13.2 Å². The fourth-order valence-electron chi connectivity index (χ4n) is 2.12. The molecule has 0 saturated carbocycles. The zero-order chi connectivity index (χ0) is 16.4. The number of hydrogen-bond donors (Lipinski definition) is 0. The van der Waals surface area contributed by atoms with Crippen LogP contribution in [0.15, 0.2) is 53.6 Å². The van der Waals surface area contributed by atoms with Crippen LogP contribution in [0, 0.1) is 0 Å². The zero-order valence-corrected chi connectivity index (χ0v) is 12.2. The van der Waals surface area contributed by atoms with Gasteiger partial charge >= 0.3 is 6.18 Å². The van der Waals surface area contributed by atoms with E-state index in [0.29, 0.717) is 5.56 Å². The molecule has 7 heteroatoms. The Balaban J connectivity index is 1.79. The van der Waals surface area contributed by atoms with Crippen LogP contribution in [0.2, 0.25) is 0 Å². The molecule has 0 aliphatic carbocycles. The number of rotatable bonds is 3. The molecule has 0 amide bonds. The van der Waals surface area contributed by atoms with E-state index in [1.54, 1.807) is 24.3 Å². The summed E-state index contributed by atoms with van der Waals surface area (Å²) in [7, 11) is 1.58. The number of hydrazone groups is 1. The van der Waals surface area contributed by atoms with Crippen molar-refractivity contribution in [2.45, 2.75) is 6.18 Å². The van der Waals surface area contributed by atoms with Crippen LogP contribution >= 0.6 is 0 Å². The molecule has 2 aromatic rings. The third kappa shape index (κ3) is 3.23. The first kappa shape index (κ1) is 15.2. The molecule has 0 spiro atoms. The fourth-order valence-corrected chi connectivity index (χ4v) is 2.12. The average Bonchev–Trinajstić information content (AvgIpc) is 3.04. The molecule has 3 rings (SSSR count). The van der Waals surface area contributed by atoms with Crippen LogP contribution < -0.4 is 9.75 Å². The first-order valence-electron chi connectivity index (χ1n) is 6.78. The first-order chi connectivity index (χ1) is 11.0. The number of anilines is 1. The minimum Gasteiger partial charge on any atom is -0.497 e. The minimum atomic E-state index is -4.36. The highest BCUT2D eigenvalue weighted by atomic mass is 19.4. The van der Waals surface area contributed by atoms with Crippen LogP contribution in [0.25, 0.3) is 0 Å². The third-order valence-corrected chi connectivity index (χ3v) is 3.36. The van der Waals surface area contributed by atoms with Crippen molar-refractivity contribution in [1.29, 1.82) is 0 Å². The average molecular weight is 322 g/mol. The van der Waals surface area contributed by atoms with Gasteiger partial charge in [-0.15, -0.1) is 5.10 Å². The SMILES string of the molecule is COc1ccc(N2COC(c3ccc(C(F)(F)F)cc3)=N2)cc1. The molecule has 0 radical (unpaired) electrons. The Bertz CT molecular complexity index is 710. The second kappa shape index (κ2) is 5.83. The Kier molecular flexibility index (Phi) is 3.85. The van der Waals surface area contributed by atoms with Gasteiger partial charge in [0.15, 0.2) is 6.73 Å². The lowest BCUT2D eigenvalue weighted by Crippen LogP contribution is -2.12. The lowest BCUT2D eigenvalue weighted by Gasteiger charge is -2.11. The Hall–Kier alpha value is -2.70. The molecule has 0 aromatic heterocycles. The minimum absolute atomic E-state index is 0.197. The second-order valence-corrected chi connectivity index (χ2v) is 4.85. The van der Waals surface area contributed by atoms with Crippen molar-refractivity contribution in [2.75, 3.05) is 18.8 Å². The van der Waals surface area contributed by atoms with Crippen molar-refractivity contribution in [3.8, 4) is 5.75 Å². The number of hydrogen-bond acceptors (Lipinski definition) is 4. The van der Waals surface area contributed by atoms with E-state index in [1.165, 1.54) is 12.1 Å². The Labute approximate surface area is 130 Å². The predicted octanol–water partition coefficient (Wildman–Crippen LogP) is 3.87. The van der Waals surface area contributed by atoms with Crippen LogP contribution in [0.4, 0.5) is 18.9 Å². The van der Waals surface area contributed by atoms with E-state index in [0.717, 1.165) is 23.6 Å². The number of alkyl halides is 3. The van der Waals surface area contributed by atoms with Crippen molar-refractivity contribution in [3.05, 3.63) is 59.7 Å². The smallest absolute Gasteiger partial charge is 0.416 e. The summed E-state index contributed by atoms with van der Waals surface area (Å²) in [5.74, 6) is 1.01. The maximum Gasteiger partial charge on any atom is 0.416 e. The van der Waals surface area contributed by atoms with Gasteiger partial charge in [0.25, 0.3) is 0 Å². The maximum absolute atomic E-state index is 12.6. The molecule has 0 fully saturated rings. The van der Waals surface area contributed by atoms with Gasteiger partial charge < -0.3 is 9.47 Å². The summed E-state index contributed by atoms with van der Waals surface area (Å²) in [6.07, 6.45) is -4.36. The molecule has 1 aliphatic heterocycles. The molecule has 2 aromatic carbocycles. The van der Waals surface area contributed by atoms with Crippen LogP contribution in [0.3, 0.4) is 0 Å². The van der Waals surface area contributed by atoms with E-state index in [4.69, 9.17) is 9.47 Å². The normalized spacial score (nSPS) is 14.4. The molecule has 0 atom stereocenters. The van der Waals surface area contributed by atoms with E-state index in [2.05, 4.69) is 5.10 Å². The number of halogens is 3. The van der Waals surface area contributed by atoms with E-state index in [1.807, 2.05) is 12.1 Å². The van der Waals surface area contributed by atoms with Gasteiger partial charge in [-0.1, -0.05) is 0 Å². The topological polar surface area (TPSA) is 34.1 Å². The van der Waals surface area contributed by atoms with Crippen LogP contribution in [0.5, 0.6) is 5.75 Å². The van der Waals surface area contributed by atoms with Crippen molar-refractivity contribution in [2.24, 2.45) is 5.10 Å². The van der Waals surface area contributed by atoms with E-state index >= 15 is 0 Å². The lowest BCUT2D eigenvalue weighted by atomic mass is 10.1. The number of nitrogens with zero attached hydrogens (tertiary/aromatic N) is 2. The first-order valence-corrected chi connectivity index (χ1v) is 6.78. The Morgan fingerprint density at radius 2 is 1.70 bits per heavy atom. The predicted molar refractivity (Wildman–Crippen MR) is 79.4 cm³/mol. The Morgan fingerprint density at radius 1 is 1.04 bits per heavy atom. The fraction of sp³-hybridized carbons (Fsp3) is 0.188. The van der Waals surface area contributed by atoms with Gasteiger partial charge in [-0.2, -0.15) is 13.2 Å². The van der Waals surface area contributed by atoms with Crippen molar-refractivity contribution in [3.63, 3.8) is 0 Å². The zero-order valence-electron chi connectivity index (χ0n) is 12.2. The van der Waals surface area contributed by atoms with Crippen LogP contribution in [0.1, 0.15) is 11.1 Å². The molecule has 0 N–H and O–H groups in total. The highest BCUT2D eigenvalue weighted by Crippen LogP contribution is 2.29. The molecular formula is C16H13F3N2O2. The quantitative estimate of drug-likeness (QED) is 0.860. The summed E-state index contributed by atoms with van der Waals surface area (Å²) >= 11 is 0. The molecule has 0 bridgehead atoms. The largest absolute Gasteiger partial charge is 0.497 e. The monoisotopic (exact) mass is 322 g/mol. The summed E-state index contributed by atoms with van der Waals surface area (Å²) in [5.41, 5.74) is 0.591. The van der Waals surface area contributed by atoms with Crippen molar-refractivity contribution < 1.29 is 22.6 Å². The summed E-state index contributed by atoms with van der Waals surface area (Å²) in [4.78, 5) is 0. The van der Waals surface area contributed by atoms with Gasteiger partial charge in [-0.25, -0.2) is 5.01 Å². The summed E-state index contributed by atoms with van der Waals surface area (Å²) in [5, 5.41) is 5.90. The van der Waals surface area contributed by atoms with Crippen molar-refractivity contribution >= 4 is 11.6 Å². The Morgan fingerprint density at radius 3 is 2.26 bits per heavy atom. The van der Waals surface area contributed by atoms with Gasteiger partial charge in [0.1, 0.15) is 5.75 Å². The van der Waals surface area contributed by atoms with Gasteiger partial charge in [-0.05, 0) is 48.5 Å². The molecule has 0 saturated heterocycles. The maximum atomic E-state index is 12.6. The molecule has 4 nitrogen and oxygen atoms in total. The lowest BCUT2D eigenvalue weighted by molar-refractivity contribution is -0.137. The molecule has 1 heterocycles. The van der Waals surface area contributed by atoms with E-state index in [-0.39, 0.29) is 12.6 Å². The molecule has 1 aliphatic rings. The van der Waals surface area contributed by atoms with Crippen LogP contribution in [-0.2, 0) is 10.9 Å². The van der Waals surface area contributed by atoms with E-state index < -0.39 is 11.7 Å². The summed E-state index contributed by atoms with van der Waals surface area (Å²) in [6, 6.07) is 11.9. The highest BCUT2D eigenvalue weighted by Gasteiger charge is 2.30. The standard InChI is InChI=1S/C16H13F3N2O2/c1-22-14-8-6-13(7-9-14)21-10-23-15(20-21)11-2-4-12(5-3-11)16(17,18)19/h2-9H,10H2,1H3. The molecule has 120 valence electrons. The molecule has 23 heavy (non-hydrogen) atoms. The van der Waals surface area contributed by atoms with Gasteiger partial charge in [0, 0.05) is 5.56 Å². The highest BCUT2D eigenvalue weighted by molar-refractivity contribution is 5.95. The van der Waals surface area contributed by atoms with Gasteiger partial charge in [-0.3, -0.25) is 0 Å². The third-order valence-electron chi connectivity index (χ3n) is 3.36. The number of methoxy groups -OCH3 is 1. The second-order valence-electron chi connectivity index (χ2n) is 4.85. The summed E-state index contributed by atoms with van der Waals surface area (Å²) < 4.78 is 48.2. The van der Waals surface area contributed by atoms with Crippen LogP contribution in [-0.4, -0.2) is 19.7 Å². The number of benzene rings is 2. The molecule has 0 unspecified atom stereocenters. The van der Waals surface area contributed by atoms with Crippen molar-refractivity contribution in [1.82, 2.24) is 0 Å². The summed E-state index contributed by atoms with van der Waals surface area (Å²) in [6.45, 7) is 0.197. The number of ether oxygens (including phenoxy) is 2. The van der Waals surface area contributed by atoms with Gasteiger partial charge in [0.2, 0.25) is 5.90 Å². The van der Waals surface area contributed by atoms with Gasteiger partial charge in [0.05, 0.1) is 18.4 Å².